The number of benzene rings is 3. The monoisotopic (exact) mass is 544 g/mol. The Morgan fingerprint density at radius 1 is 0.657 bits per heavy atom. The molecule has 0 spiro atoms. The molecule has 0 aliphatic rings. The lowest BCUT2D eigenvalue weighted by molar-refractivity contribution is 0.415. The highest BCUT2D eigenvalue weighted by Gasteiger charge is 2.21. The van der Waals surface area contributed by atoms with Gasteiger partial charge in [0, 0.05) is 0 Å². The maximum atomic E-state index is 5.88. The van der Waals surface area contributed by atoms with E-state index in [2.05, 4.69) is 10.2 Å². The average molecular weight is 545 g/mol. The van der Waals surface area contributed by atoms with Crippen molar-refractivity contribution in [3.8, 4) is 17.2 Å². The summed E-state index contributed by atoms with van der Waals surface area (Å²) in [5, 5.41) is 8.79. The van der Waals surface area contributed by atoms with Crippen molar-refractivity contribution in [2.24, 2.45) is 10.2 Å². The van der Waals surface area contributed by atoms with E-state index in [1.165, 1.54) is 5.56 Å². The molecule has 0 bridgehead atoms. The van der Waals surface area contributed by atoms with Crippen molar-refractivity contribution < 1.29 is 13.8 Å². The molecule has 180 valence electrons. The molecule has 0 aromatic heterocycles. The lowest BCUT2D eigenvalue weighted by Gasteiger charge is -2.03. The van der Waals surface area contributed by atoms with E-state index < -0.39 is 14.1 Å². The molecule has 2 unspecified atom stereocenters. The van der Waals surface area contributed by atoms with Crippen LogP contribution in [0.3, 0.4) is 0 Å². The SMILES string of the molecule is COc1ccc(/C=N\N(C)[P+](=S)Oc2ccc(/C=N\N(C)[P+](=S)Oc3ccc(C)cc3)cc2)cc1. The van der Waals surface area contributed by atoms with Crippen LogP contribution in [0.2, 0.25) is 0 Å². The Labute approximate surface area is 218 Å². The zero-order valence-electron chi connectivity index (χ0n) is 19.8. The van der Waals surface area contributed by atoms with Crippen LogP contribution in [0.15, 0.2) is 83.0 Å². The zero-order chi connectivity index (χ0) is 25.2. The minimum Gasteiger partial charge on any atom is -0.497 e. The van der Waals surface area contributed by atoms with E-state index in [4.69, 9.17) is 37.4 Å². The second kappa shape index (κ2) is 13.2. The summed E-state index contributed by atoms with van der Waals surface area (Å²) in [4.78, 5) is 0. The highest BCUT2D eigenvalue weighted by atomic mass is 32.4. The average Bonchev–Trinajstić information content (AvgIpc) is 2.88. The maximum absolute atomic E-state index is 5.88. The van der Waals surface area contributed by atoms with Gasteiger partial charge in [-0.2, -0.15) is 0 Å². The summed E-state index contributed by atoms with van der Waals surface area (Å²) >= 11 is 10.9. The molecular weight excluding hydrogens is 518 g/mol. The number of hydrogen-bond acceptors (Lipinski definition) is 7. The van der Waals surface area contributed by atoms with Crippen molar-refractivity contribution in [3.05, 3.63) is 89.5 Å². The maximum Gasteiger partial charge on any atom is 0.540 e. The van der Waals surface area contributed by atoms with Gasteiger partial charge in [-0.3, -0.25) is 9.05 Å². The third kappa shape index (κ3) is 8.64. The number of ether oxygens (including phenoxy) is 1. The van der Waals surface area contributed by atoms with Gasteiger partial charge in [0.25, 0.3) is 0 Å². The first-order valence-electron chi connectivity index (χ1n) is 10.5. The minimum atomic E-state index is -1.36. The fourth-order valence-electron chi connectivity index (χ4n) is 2.59. The third-order valence-corrected chi connectivity index (χ3v) is 8.36. The molecule has 0 amide bonds. The van der Waals surface area contributed by atoms with Crippen LogP contribution in [0.25, 0.3) is 0 Å². The highest BCUT2D eigenvalue weighted by molar-refractivity contribution is 8.02. The van der Waals surface area contributed by atoms with Crippen LogP contribution in [-0.2, 0) is 23.6 Å². The number of rotatable bonds is 11. The summed E-state index contributed by atoms with van der Waals surface area (Å²) in [6, 6.07) is 22.9. The Balaban J connectivity index is 1.50. The minimum absolute atomic E-state index is 0.663. The molecule has 35 heavy (non-hydrogen) atoms. The van der Waals surface area contributed by atoms with E-state index >= 15 is 0 Å². The summed E-state index contributed by atoms with van der Waals surface area (Å²) in [6.07, 6.45) is 3.46. The van der Waals surface area contributed by atoms with Gasteiger partial charge in [-0.1, -0.05) is 27.3 Å². The zero-order valence-corrected chi connectivity index (χ0v) is 23.2. The van der Waals surface area contributed by atoms with Crippen LogP contribution in [0, 0.1) is 6.92 Å². The second-order valence-electron chi connectivity index (χ2n) is 7.28. The summed E-state index contributed by atoms with van der Waals surface area (Å²) in [5.74, 6) is 2.19. The lowest BCUT2D eigenvalue weighted by Crippen LogP contribution is -2.04. The van der Waals surface area contributed by atoms with Gasteiger partial charge in [-0.25, -0.2) is 0 Å². The number of hydrazone groups is 2. The molecule has 7 nitrogen and oxygen atoms in total. The van der Waals surface area contributed by atoms with Crippen LogP contribution in [-0.4, -0.2) is 43.2 Å². The number of methoxy groups -OCH3 is 1. The fraction of sp³-hybridized carbons (Fsp3) is 0.167. The first kappa shape index (κ1) is 26.6. The molecule has 0 heterocycles. The molecule has 2 atom stereocenters. The molecule has 0 aliphatic heterocycles. The van der Waals surface area contributed by atoms with E-state index in [0.717, 1.165) is 22.6 Å². The standard InChI is InChI=1S/C24H26N4O3P2S2/c1-19-5-11-23(12-6-19)30-32(34)27(2)26-18-21-9-15-24(16-10-21)31-33(35)28(3)25-17-20-7-13-22(29-4)14-8-20/h5-18H,1-4H3/q+2/b25-17-,26-18-. The molecule has 3 rings (SSSR count). The highest BCUT2D eigenvalue weighted by Crippen LogP contribution is 2.31. The molecule has 3 aromatic carbocycles. The van der Waals surface area contributed by atoms with Crippen molar-refractivity contribution in [2.75, 3.05) is 21.2 Å². The molecule has 0 N–H and O–H groups in total. The topological polar surface area (TPSA) is 58.9 Å². The van der Waals surface area contributed by atoms with Crippen LogP contribution in [0.1, 0.15) is 16.7 Å². The normalized spacial score (nSPS) is 11.9. The van der Waals surface area contributed by atoms with E-state index in [9.17, 15) is 0 Å². The van der Waals surface area contributed by atoms with Gasteiger partial charge >= 0.3 is 14.1 Å². The van der Waals surface area contributed by atoms with Crippen LogP contribution in [0.5, 0.6) is 17.2 Å². The van der Waals surface area contributed by atoms with Crippen molar-refractivity contribution in [1.82, 2.24) is 9.56 Å². The Bertz CT molecular complexity index is 1200. The molecule has 0 radical (unpaired) electrons. The number of hydrogen-bond donors (Lipinski definition) is 0. The Morgan fingerprint density at radius 2 is 1.03 bits per heavy atom. The van der Waals surface area contributed by atoms with E-state index in [1.807, 2.05) is 79.7 Å². The number of nitrogens with zero attached hydrogens (tertiary/aromatic N) is 4. The van der Waals surface area contributed by atoms with Crippen molar-refractivity contribution in [3.63, 3.8) is 0 Å². The quantitative estimate of drug-likeness (QED) is 0.161. The molecule has 0 fully saturated rings. The predicted molar refractivity (Wildman–Crippen MR) is 151 cm³/mol. The van der Waals surface area contributed by atoms with E-state index in [1.54, 1.807) is 43.2 Å². The lowest BCUT2D eigenvalue weighted by atomic mass is 10.2. The predicted octanol–water partition coefficient (Wildman–Crippen LogP) is 6.24. The summed E-state index contributed by atoms with van der Waals surface area (Å²) in [5.41, 5.74) is 3.01. The van der Waals surface area contributed by atoms with Gasteiger partial charge in [0.1, 0.15) is 5.75 Å². The Kier molecular flexibility index (Phi) is 10.1. The first-order valence-corrected chi connectivity index (χ1v) is 15.0. The summed E-state index contributed by atoms with van der Waals surface area (Å²) in [6.45, 7) is 2.03. The smallest absolute Gasteiger partial charge is 0.497 e. The van der Waals surface area contributed by atoms with E-state index in [0.29, 0.717) is 5.75 Å². The molecule has 11 heteroatoms. The van der Waals surface area contributed by atoms with Gasteiger partial charge in [0.05, 0.1) is 33.6 Å². The van der Waals surface area contributed by atoms with Crippen molar-refractivity contribution in [1.29, 1.82) is 0 Å². The van der Waals surface area contributed by atoms with Crippen LogP contribution < -0.4 is 13.8 Å². The molecule has 0 saturated heterocycles. The first-order chi connectivity index (χ1) is 16.8. The fourth-order valence-corrected chi connectivity index (χ4v) is 4.47. The Morgan fingerprint density at radius 3 is 1.43 bits per heavy atom. The van der Waals surface area contributed by atoms with Crippen LogP contribution >= 0.6 is 14.1 Å². The summed E-state index contributed by atoms with van der Waals surface area (Å²) in [7, 11) is 2.55. The van der Waals surface area contributed by atoms with Gasteiger partial charge in [0.15, 0.2) is 11.5 Å². The number of aryl methyl sites for hydroxylation is 1. The van der Waals surface area contributed by atoms with Crippen molar-refractivity contribution in [2.45, 2.75) is 6.92 Å². The summed E-state index contributed by atoms with van der Waals surface area (Å²) < 4.78 is 20.1. The van der Waals surface area contributed by atoms with E-state index in [-0.39, 0.29) is 0 Å². The molecule has 0 aliphatic carbocycles. The molecular formula is C24H26N4O3P2S2+2. The molecule has 0 saturated carbocycles. The van der Waals surface area contributed by atoms with Gasteiger partial charge < -0.3 is 4.74 Å². The van der Waals surface area contributed by atoms with Gasteiger partial charge in [0.2, 0.25) is 23.6 Å². The third-order valence-electron chi connectivity index (χ3n) is 4.60. The van der Waals surface area contributed by atoms with Gasteiger partial charge in [-0.15, -0.1) is 10.2 Å². The molecule has 3 aromatic rings. The Hall–Kier alpha value is -2.96. The van der Waals surface area contributed by atoms with Crippen molar-refractivity contribution >= 4 is 50.2 Å². The van der Waals surface area contributed by atoms with Gasteiger partial charge in [-0.05, 0) is 78.7 Å². The second-order valence-corrected chi connectivity index (χ2v) is 11.6. The van der Waals surface area contributed by atoms with Crippen LogP contribution in [0.4, 0.5) is 0 Å². The largest absolute Gasteiger partial charge is 0.540 e.